The average molecular weight is 299 g/mol. The highest BCUT2D eigenvalue weighted by atomic mass is 35.5. The van der Waals surface area contributed by atoms with Crippen molar-refractivity contribution in [2.45, 2.75) is 37.1 Å². The van der Waals surface area contributed by atoms with Crippen LogP contribution < -0.4 is 4.72 Å². The fraction of sp³-hybridized carbons (Fsp3) is 0.462. The molecule has 1 saturated carbocycles. The third-order valence-corrected chi connectivity index (χ3v) is 5.49. The van der Waals surface area contributed by atoms with E-state index in [0.29, 0.717) is 11.5 Å². The van der Waals surface area contributed by atoms with Crippen LogP contribution in [0, 0.1) is 17.2 Å². The molecule has 1 fully saturated rings. The number of nitrogens with one attached hydrogen (secondary N) is 1. The van der Waals surface area contributed by atoms with Gasteiger partial charge in [0.05, 0.1) is 16.7 Å². The molecule has 2 unspecified atom stereocenters. The lowest BCUT2D eigenvalue weighted by atomic mass is 10.1. The Morgan fingerprint density at radius 1 is 1.42 bits per heavy atom. The maximum atomic E-state index is 12.3. The number of nitriles is 1. The molecule has 4 nitrogen and oxygen atoms in total. The summed E-state index contributed by atoms with van der Waals surface area (Å²) in [6, 6.07) is 6.10. The molecule has 0 amide bonds. The Morgan fingerprint density at radius 3 is 2.68 bits per heavy atom. The number of hydrogen-bond donors (Lipinski definition) is 1. The van der Waals surface area contributed by atoms with E-state index in [0.717, 1.165) is 19.3 Å². The van der Waals surface area contributed by atoms with Gasteiger partial charge in [-0.15, -0.1) is 0 Å². The van der Waals surface area contributed by atoms with Gasteiger partial charge in [-0.3, -0.25) is 0 Å². The van der Waals surface area contributed by atoms with Crippen molar-refractivity contribution in [2.24, 2.45) is 5.92 Å². The van der Waals surface area contributed by atoms with Crippen molar-refractivity contribution in [1.82, 2.24) is 4.72 Å². The van der Waals surface area contributed by atoms with Crippen LogP contribution in [-0.4, -0.2) is 14.5 Å². The van der Waals surface area contributed by atoms with E-state index in [1.54, 1.807) is 0 Å². The first kappa shape index (κ1) is 14.3. The molecular formula is C13H15ClN2O2S. The highest BCUT2D eigenvalue weighted by Crippen LogP contribution is 2.28. The Labute approximate surface area is 118 Å². The highest BCUT2D eigenvalue weighted by molar-refractivity contribution is 7.89. The Hall–Kier alpha value is -1.09. The van der Waals surface area contributed by atoms with Crippen LogP contribution in [0.25, 0.3) is 0 Å². The topological polar surface area (TPSA) is 70.0 Å². The molecule has 1 aromatic rings. The van der Waals surface area contributed by atoms with Crippen molar-refractivity contribution < 1.29 is 8.42 Å². The summed E-state index contributed by atoms with van der Waals surface area (Å²) in [4.78, 5) is 0.0345. The first-order chi connectivity index (χ1) is 8.94. The highest BCUT2D eigenvalue weighted by Gasteiger charge is 2.29. The van der Waals surface area contributed by atoms with Crippen LogP contribution in [-0.2, 0) is 10.0 Å². The molecule has 0 radical (unpaired) electrons. The Kier molecular flexibility index (Phi) is 4.14. The summed E-state index contributed by atoms with van der Waals surface area (Å²) in [5.74, 6) is 0.340. The number of hydrogen-bond acceptors (Lipinski definition) is 3. The van der Waals surface area contributed by atoms with Crippen molar-refractivity contribution in [3.63, 3.8) is 0 Å². The zero-order valence-electron chi connectivity index (χ0n) is 10.6. The van der Waals surface area contributed by atoms with E-state index in [1.165, 1.54) is 18.2 Å². The third kappa shape index (κ3) is 3.08. The van der Waals surface area contributed by atoms with Gasteiger partial charge in [0.25, 0.3) is 0 Å². The van der Waals surface area contributed by atoms with Crippen LogP contribution in [0.3, 0.4) is 0 Å². The molecule has 19 heavy (non-hydrogen) atoms. The SMILES string of the molecule is CC1CCCC1NS(=O)(=O)c1ccc(C#N)cc1Cl. The summed E-state index contributed by atoms with van der Waals surface area (Å²) >= 11 is 5.94. The van der Waals surface area contributed by atoms with Gasteiger partial charge in [0.15, 0.2) is 0 Å². The number of rotatable bonds is 3. The minimum atomic E-state index is -3.62. The summed E-state index contributed by atoms with van der Waals surface area (Å²) in [7, 11) is -3.62. The first-order valence-corrected chi connectivity index (χ1v) is 8.02. The molecule has 0 heterocycles. The summed E-state index contributed by atoms with van der Waals surface area (Å²) in [6.45, 7) is 2.04. The molecular weight excluding hydrogens is 284 g/mol. The molecule has 1 aliphatic rings. The average Bonchev–Trinajstić information content (AvgIpc) is 2.73. The lowest BCUT2D eigenvalue weighted by molar-refractivity contribution is 0.476. The van der Waals surface area contributed by atoms with Gasteiger partial charge >= 0.3 is 0 Å². The second kappa shape index (κ2) is 5.49. The lowest BCUT2D eigenvalue weighted by Crippen LogP contribution is -2.36. The van der Waals surface area contributed by atoms with E-state index in [-0.39, 0.29) is 16.0 Å². The molecule has 0 aliphatic heterocycles. The number of sulfonamides is 1. The van der Waals surface area contributed by atoms with Crippen molar-refractivity contribution >= 4 is 21.6 Å². The van der Waals surface area contributed by atoms with Crippen molar-refractivity contribution in [3.8, 4) is 6.07 Å². The molecule has 0 saturated heterocycles. The van der Waals surface area contributed by atoms with Crippen LogP contribution in [0.1, 0.15) is 31.7 Å². The van der Waals surface area contributed by atoms with Crippen LogP contribution in [0.2, 0.25) is 5.02 Å². The molecule has 0 aromatic heterocycles. The van der Waals surface area contributed by atoms with E-state index in [4.69, 9.17) is 16.9 Å². The molecule has 2 rings (SSSR count). The summed E-state index contributed by atoms with van der Waals surface area (Å²) in [6.07, 6.45) is 2.93. The second-order valence-corrected chi connectivity index (χ2v) is 6.98. The molecule has 1 aliphatic carbocycles. The van der Waals surface area contributed by atoms with Crippen LogP contribution >= 0.6 is 11.6 Å². The maximum absolute atomic E-state index is 12.3. The predicted octanol–water partition coefficient (Wildman–Crippen LogP) is 2.68. The maximum Gasteiger partial charge on any atom is 0.242 e. The fourth-order valence-electron chi connectivity index (χ4n) is 2.37. The third-order valence-electron chi connectivity index (χ3n) is 3.52. The van der Waals surface area contributed by atoms with E-state index >= 15 is 0 Å². The molecule has 6 heteroatoms. The monoisotopic (exact) mass is 298 g/mol. The zero-order chi connectivity index (χ0) is 14.0. The number of nitrogens with zero attached hydrogens (tertiary/aromatic N) is 1. The summed E-state index contributed by atoms with van der Waals surface area (Å²) in [5, 5.41) is 8.83. The molecule has 0 spiro atoms. The van der Waals surface area contributed by atoms with Gasteiger partial charge in [-0.25, -0.2) is 13.1 Å². The van der Waals surface area contributed by atoms with E-state index < -0.39 is 10.0 Å². The summed E-state index contributed by atoms with van der Waals surface area (Å²) in [5.41, 5.74) is 0.346. The van der Waals surface area contributed by atoms with Gasteiger partial charge in [0.2, 0.25) is 10.0 Å². The van der Waals surface area contributed by atoms with Crippen molar-refractivity contribution in [1.29, 1.82) is 5.26 Å². The van der Waals surface area contributed by atoms with Gasteiger partial charge in [0.1, 0.15) is 4.90 Å². The zero-order valence-corrected chi connectivity index (χ0v) is 12.1. The van der Waals surface area contributed by atoms with Crippen LogP contribution in [0.4, 0.5) is 0 Å². The van der Waals surface area contributed by atoms with Gasteiger partial charge in [-0.2, -0.15) is 5.26 Å². The van der Waals surface area contributed by atoms with Gasteiger partial charge in [0, 0.05) is 6.04 Å². The van der Waals surface area contributed by atoms with Crippen LogP contribution in [0.5, 0.6) is 0 Å². The normalized spacial score (nSPS) is 23.2. The second-order valence-electron chi connectivity index (χ2n) is 4.89. The van der Waals surface area contributed by atoms with E-state index in [1.807, 2.05) is 13.0 Å². The Bertz CT molecular complexity index is 622. The van der Waals surface area contributed by atoms with E-state index in [9.17, 15) is 8.42 Å². The number of halogens is 1. The Morgan fingerprint density at radius 2 is 2.16 bits per heavy atom. The van der Waals surface area contributed by atoms with Gasteiger partial charge in [-0.1, -0.05) is 24.9 Å². The first-order valence-electron chi connectivity index (χ1n) is 6.16. The quantitative estimate of drug-likeness (QED) is 0.932. The fourth-order valence-corrected chi connectivity index (χ4v) is 4.30. The minimum absolute atomic E-state index is 0.0308. The lowest BCUT2D eigenvalue weighted by Gasteiger charge is -2.17. The minimum Gasteiger partial charge on any atom is -0.208 e. The smallest absolute Gasteiger partial charge is 0.208 e. The van der Waals surface area contributed by atoms with Crippen molar-refractivity contribution in [3.05, 3.63) is 28.8 Å². The molecule has 0 bridgehead atoms. The molecule has 102 valence electrons. The molecule has 1 N–H and O–H groups in total. The van der Waals surface area contributed by atoms with E-state index in [2.05, 4.69) is 4.72 Å². The van der Waals surface area contributed by atoms with Gasteiger partial charge < -0.3 is 0 Å². The van der Waals surface area contributed by atoms with Gasteiger partial charge in [-0.05, 0) is 37.0 Å². The predicted molar refractivity (Wildman–Crippen MR) is 73.3 cm³/mol. The standard InChI is InChI=1S/C13H15ClN2O2S/c1-9-3-2-4-12(9)16-19(17,18)13-6-5-10(8-15)7-11(13)14/h5-7,9,12,16H,2-4H2,1H3. The molecule has 2 atom stereocenters. The van der Waals surface area contributed by atoms with Crippen LogP contribution in [0.15, 0.2) is 23.1 Å². The Balaban J connectivity index is 2.27. The summed E-state index contributed by atoms with van der Waals surface area (Å²) < 4.78 is 27.3. The number of benzene rings is 1. The van der Waals surface area contributed by atoms with Crippen molar-refractivity contribution in [2.75, 3.05) is 0 Å². The molecule has 1 aromatic carbocycles. The largest absolute Gasteiger partial charge is 0.242 e.